The first kappa shape index (κ1) is 14.2. The molecule has 1 aromatic carbocycles. The lowest BCUT2D eigenvalue weighted by atomic mass is 10.2. The lowest BCUT2D eigenvalue weighted by Gasteiger charge is -2.12. The molecule has 1 amide bonds. The molecule has 0 aliphatic carbocycles. The van der Waals surface area contributed by atoms with Crippen LogP contribution in [-0.4, -0.2) is 31.7 Å². The summed E-state index contributed by atoms with van der Waals surface area (Å²) in [5, 5.41) is 6.61. The monoisotopic (exact) mass is 282 g/mol. The molecule has 0 bridgehead atoms. The van der Waals surface area contributed by atoms with E-state index in [0.29, 0.717) is 11.6 Å². The third-order valence-corrected chi connectivity index (χ3v) is 3.58. The van der Waals surface area contributed by atoms with Gasteiger partial charge in [0.05, 0.1) is 12.6 Å². The van der Waals surface area contributed by atoms with Crippen molar-refractivity contribution < 1.29 is 9.53 Å². The number of carbonyl (C=O) groups is 1. The molecule has 19 heavy (non-hydrogen) atoms. The van der Waals surface area contributed by atoms with E-state index in [1.807, 2.05) is 25.1 Å². The molecule has 1 fully saturated rings. The maximum atomic E-state index is 11.7. The van der Waals surface area contributed by atoms with Crippen molar-refractivity contribution in [3.05, 3.63) is 28.8 Å². The van der Waals surface area contributed by atoms with E-state index >= 15 is 0 Å². The van der Waals surface area contributed by atoms with E-state index in [9.17, 15) is 4.79 Å². The first-order valence-electron chi connectivity index (χ1n) is 6.53. The number of anilines is 1. The maximum absolute atomic E-state index is 11.7. The lowest BCUT2D eigenvalue weighted by molar-refractivity contribution is -0.119. The summed E-state index contributed by atoms with van der Waals surface area (Å²) >= 11 is 6.02. The van der Waals surface area contributed by atoms with Gasteiger partial charge in [-0.3, -0.25) is 4.79 Å². The molecule has 1 unspecified atom stereocenters. The molecule has 0 spiro atoms. The molecule has 1 saturated heterocycles. The van der Waals surface area contributed by atoms with Gasteiger partial charge in [0, 0.05) is 23.9 Å². The molecule has 1 aromatic rings. The SMILES string of the molecule is Cc1ccc(NCC(=O)NCC2CCCO2)cc1Cl. The molecule has 104 valence electrons. The fraction of sp³-hybridized carbons (Fsp3) is 0.500. The predicted molar refractivity (Wildman–Crippen MR) is 76.7 cm³/mol. The highest BCUT2D eigenvalue weighted by atomic mass is 35.5. The van der Waals surface area contributed by atoms with Crippen LogP contribution in [0.25, 0.3) is 0 Å². The van der Waals surface area contributed by atoms with Crippen molar-refractivity contribution in [2.45, 2.75) is 25.9 Å². The number of carbonyl (C=O) groups excluding carboxylic acids is 1. The van der Waals surface area contributed by atoms with Crippen LogP contribution in [0.1, 0.15) is 18.4 Å². The summed E-state index contributed by atoms with van der Waals surface area (Å²) in [4.78, 5) is 11.7. The van der Waals surface area contributed by atoms with Gasteiger partial charge in [-0.2, -0.15) is 0 Å². The maximum Gasteiger partial charge on any atom is 0.239 e. The van der Waals surface area contributed by atoms with Gasteiger partial charge in [-0.25, -0.2) is 0 Å². The highest BCUT2D eigenvalue weighted by Crippen LogP contribution is 2.19. The van der Waals surface area contributed by atoms with E-state index in [-0.39, 0.29) is 18.6 Å². The van der Waals surface area contributed by atoms with E-state index in [1.54, 1.807) is 0 Å². The van der Waals surface area contributed by atoms with Crippen molar-refractivity contribution in [1.29, 1.82) is 0 Å². The minimum absolute atomic E-state index is 0.0350. The summed E-state index contributed by atoms with van der Waals surface area (Å²) in [5.74, 6) is -0.0350. The van der Waals surface area contributed by atoms with Crippen LogP contribution in [0.4, 0.5) is 5.69 Å². The number of aryl methyl sites for hydroxylation is 1. The van der Waals surface area contributed by atoms with Gasteiger partial charge in [0.15, 0.2) is 0 Å². The zero-order valence-corrected chi connectivity index (χ0v) is 11.8. The molecule has 1 aliphatic heterocycles. The number of benzene rings is 1. The normalized spacial score (nSPS) is 18.3. The molecule has 1 atom stereocenters. The largest absolute Gasteiger partial charge is 0.376 e. The summed E-state index contributed by atoms with van der Waals surface area (Å²) < 4.78 is 5.44. The third-order valence-electron chi connectivity index (χ3n) is 3.18. The molecule has 5 heteroatoms. The third kappa shape index (κ3) is 4.40. The van der Waals surface area contributed by atoms with Crippen LogP contribution in [0.5, 0.6) is 0 Å². The first-order valence-corrected chi connectivity index (χ1v) is 6.91. The highest BCUT2D eigenvalue weighted by Gasteiger charge is 2.15. The van der Waals surface area contributed by atoms with Gasteiger partial charge in [-0.05, 0) is 37.5 Å². The Balaban J connectivity index is 1.71. The molecular weight excluding hydrogens is 264 g/mol. The smallest absolute Gasteiger partial charge is 0.239 e. The molecule has 2 rings (SSSR count). The first-order chi connectivity index (χ1) is 9.15. The Morgan fingerprint density at radius 3 is 3.05 bits per heavy atom. The van der Waals surface area contributed by atoms with Gasteiger partial charge in [-0.1, -0.05) is 17.7 Å². The van der Waals surface area contributed by atoms with Crippen LogP contribution < -0.4 is 10.6 Å². The van der Waals surface area contributed by atoms with Gasteiger partial charge in [-0.15, -0.1) is 0 Å². The van der Waals surface area contributed by atoms with Crippen LogP contribution in [0.3, 0.4) is 0 Å². The fourth-order valence-electron chi connectivity index (χ4n) is 1.98. The van der Waals surface area contributed by atoms with E-state index in [0.717, 1.165) is 30.7 Å². The topological polar surface area (TPSA) is 50.4 Å². The van der Waals surface area contributed by atoms with E-state index in [4.69, 9.17) is 16.3 Å². The zero-order chi connectivity index (χ0) is 13.7. The zero-order valence-electron chi connectivity index (χ0n) is 11.0. The van der Waals surface area contributed by atoms with Gasteiger partial charge < -0.3 is 15.4 Å². The molecule has 0 saturated carbocycles. The fourth-order valence-corrected chi connectivity index (χ4v) is 2.16. The highest BCUT2D eigenvalue weighted by molar-refractivity contribution is 6.31. The van der Waals surface area contributed by atoms with Crippen LogP contribution in [0, 0.1) is 6.92 Å². The van der Waals surface area contributed by atoms with Gasteiger partial charge >= 0.3 is 0 Å². The molecule has 0 aromatic heterocycles. The minimum Gasteiger partial charge on any atom is -0.376 e. The number of nitrogens with one attached hydrogen (secondary N) is 2. The summed E-state index contributed by atoms with van der Waals surface area (Å²) in [6.07, 6.45) is 2.29. The van der Waals surface area contributed by atoms with Gasteiger partial charge in [0.25, 0.3) is 0 Å². The van der Waals surface area contributed by atoms with Crippen molar-refractivity contribution >= 4 is 23.2 Å². The van der Waals surface area contributed by atoms with Crippen molar-refractivity contribution in [2.75, 3.05) is 25.0 Å². The number of ether oxygens (including phenoxy) is 1. The number of amides is 1. The van der Waals surface area contributed by atoms with Crippen LogP contribution in [0.2, 0.25) is 5.02 Å². The molecule has 0 radical (unpaired) electrons. The molecule has 4 nitrogen and oxygen atoms in total. The van der Waals surface area contributed by atoms with Gasteiger partial charge in [0.1, 0.15) is 0 Å². The second-order valence-electron chi connectivity index (χ2n) is 4.76. The van der Waals surface area contributed by atoms with Gasteiger partial charge in [0.2, 0.25) is 5.91 Å². The van der Waals surface area contributed by atoms with Crippen LogP contribution in [0.15, 0.2) is 18.2 Å². The summed E-state index contributed by atoms with van der Waals surface area (Å²) in [6.45, 7) is 3.59. The van der Waals surface area contributed by atoms with E-state index in [1.165, 1.54) is 0 Å². The Morgan fingerprint density at radius 1 is 1.53 bits per heavy atom. The van der Waals surface area contributed by atoms with Crippen molar-refractivity contribution in [3.8, 4) is 0 Å². The van der Waals surface area contributed by atoms with Crippen LogP contribution in [-0.2, 0) is 9.53 Å². The number of rotatable bonds is 5. The average Bonchev–Trinajstić information content (AvgIpc) is 2.91. The summed E-state index contributed by atoms with van der Waals surface area (Å²) in [6, 6.07) is 5.66. The second kappa shape index (κ2) is 6.78. The number of halogens is 1. The van der Waals surface area contributed by atoms with Crippen LogP contribution >= 0.6 is 11.6 Å². The molecule has 2 N–H and O–H groups in total. The quantitative estimate of drug-likeness (QED) is 0.872. The van der Waals surface area contributed by atoms with Crippen molar-refractivity contribution in [3.63, 3.8) is 0 Å². The summed E-state index contributed by atoms with van der Waals surface area (Å²) in [7, 11) is 0. The molecule has 1 aliphatic rings. The Bertz CT molecular complexity index is 445. The van der Waals surface area contributed by atoms with E-state index < -0.39 is 0 Å². The standard InChI is InChI=1S/C14H19ClN2O2/c1-10-4-5-11(7-13(10)15)16-9-14(18)17-8-12-3-2-6-19-12/h4-5,7,12,16H,2-3,6,8-9H2,1H3,(H,17,18). The molecule has 1 heterocycles. The Morgan fingerprint density at radius 2 is 2.37 bits per heavy atom. The number of hydrogen-bond acceptors (Lipinski definition) is 3. The average molecular weight is 283 g/mol. The second-order valence-corrected chi connectivity index (χ2v) is 5.16. The summed E-state index contributed by atoms with van der Waals surface area (Å²) in [5.41, 5.74) is 1.87. The Kier molecular flexibility index (Phi) is 5.05. The minimum atomic E-state index is -0.0350. The number of hydrogen-bond donors (Lipinski definition) is 2. The predicted octanol–water partition coefficient (Wildman–Crippen LogP) is 2.36. The lowest BCUT2D eigenvalue weighted by Crippen LogP contribution is -2.35. The molecular formula is C14H19ClN2O2. The Labute approximate surface area is 118 Å². The van der Waals surface area contributed by atoms with Crippen molar-refractivity contribution in [2.24, 2.45) is 0 Å². The van der Waals surface area contributed by atoms with Crippen molar-refractivity contribution in [1.82, 2.24) is 5.32 Å². The van der Waals surface area contributed by atoms with E-state index in [2.05, 4.69) is 10.6 Å². The Hall–Kier alpha value is -1.26.